The summed E-state index contributed by atoms with van der Waals surface area (Å²) in [4.78, 5) is 8.65. The van der Waals surface area contributed by atoms with Crippen molar-refractivity contribution in [2.75, 3.05) is 5.75 Å². The second-order valence-corrected chi connectivity index (χ2v) is 5.87. The van der Waals surface area contributed by atoms with Gasteiger partial charge >= 0.3 is 0 Å². The lowest BCUT2D eigenvalue weighted by atomic mass is 10.2. The minimum atomic E-state index is 1.04. The maximum Gasteiger partial charge on any atom is 0.117 e. The predicted molar refractivity (Wildman–Crippen MR) is 77.9 cm³/mol. The molecule has 0 unspecified atom stereocenters. The van der Waals surface area contributed by atoms with Gasteiger partial charge in [0.25, 0.3) is 0 Å². The van der Waals surface area contributed by atoms with E-state index in [-0.39, 0.29) is 0 Å². The number of hydrogen-bond donors (Lipinski definition) is 0. The van der Waals surface area contributed by atoms with Crippen LogP contribution in [-0.2, 0) is 0 Å². The lowest BCUT2D eigenvalue weighted by Gasteiger charge is -2.04. The Bertz CT molecular complexity index is 487. The molecule has 0 amide bonds. The minimum absolute atomic E-state index is 1.04. The third-order valence-corrected chi connectivity index (χ3v) is 4.06. The molecule has 0 bridgehead atoms. The number of rotatable bonds is 4. The molecule has 84 valence electrons. The number of halogens is 1. The van der Waals surface area contributed by atoms with Gasteiger partial charge < -0.3 is 0 Å². The molecule has 0 aliphatic carbocycles. The number of hydrogen-bond acceptors (Lipinski definition) is 3. The third kappa shape index (κ3) is 2.85. The standard InChI is InChI=1S/C12H13IN2S/c1-2-3-6-16-12-10-7-9(13)4-5-11(10)14-8-15-12/h4-5,7-8H,2-3,6H2,1H3. The Balaban J connectivity index is 2.32. The van der Waals surface area contributed by atoms with Gasteiger partial charge in [0.05, 0.1) is 5.52 Å². The first-order chi connectivity index (χ1) is 7.81. The lowest BCUT2D eigenvalue weighted by Crippen LogP contribution is -1.89. The van der Waals surface area contributed by atoms with Crippen molar-refractivity contribution in [3.05, 3.63) is 28.1 Å². The first-order valence-electron chi connectivity index (χ1n) is 5.34. The summed E-state index contributed by atoms with van der Waals surface area (Å²) in [5, 5.41) is 2.28. The Morgan fingerprint density at radius 1 is 1.31 bits per heavy atom. The molecule has 4 heteroatoms. The number of aromatic nitrogens is 2. The van der Waals surface area contributed by atoms with Crippen LogP contribution in [0.3, 0.4) is 0 Å². The quantitative estimate of drug-likeness (QED) is 0.361. The Morgan fingerprint density at radius 3 is 3.00 bits per heavy atom. The van der Waals surface area contributed by atoms with Gasteiger partial charge in [-0.25, -0.2) is 9.97 Å². The van der Waals surface area contributed by atoms with E-state index in [0.29, 0.717) is 0 Å². The second-order valence-electron chi connectivity index (χ2n) is 3.54. The van der Waals surface area contributed by atoms with Crippen molar-refractivity contribution in [1.82, 2.24) is 9.97 Å². The van der Waals surface area contributed by atoms with Crippen LogP contribution >= 0.6 is 34.4 Å². The van der Waals surface area contributed by atoms with Crippen molar-refractivity contribution < 1.29 is 0 Å². The summed E-state index contributed by atoms with van der Waals surface area (Å²) in [6.45, 7) is 2.21. The van der Waals surface area contributed by atoms with Crippen LogP contribution in [0.4, 0.5) is 0 Å². The number of fused-ring (bicyclic) bond motifs is 1. The van der Waals surface area contributed by atoms with Gasteiger partial charge in [0.2, 0.25) is 0 Å². The number of nitrogens with zero attached hydrogens (tertiary/aromatic N) is 2. The van der Waals surface area contributed by atoms with Gasteiger partial charge in [0.1, 0.15) is 11.4 Å². The maximum atomic E-state index is 4.37. The van der Waals surface area contributed by atoms with Crippen LogP contribution < -0.4 is 0 Å². The monoisotopic (exact) mass is 344 g/mol. The highest BCUT2D eigenvalue weighted by atomic mass is 127. The molecule has 0 spiro atoms. The van der Waals surface area contributed by atoms with Gasteiger partial charge in [0.15, 0.2) is 0 Å². The van der Waals surface area contributed by atoms with E-state index in [4.69, 9.17) is 0 Å². The number of unbranched alkanes of at least 4 members (excludes halogenated alkanes) is 1. The Labute approximate surface area is 113 Å². The molecule has 0 saturated heterocycles. The highest BCUT2D eigenvalue weighted by Crippen LogP contribution is 2.26. The molecule has 1 heterocycles. The zero-order chi connectivity index (χ0) is 11.4. The van der Waals surface area contributed by atoms with Gasteiger partial charge in [-0.3, -0.25) is 0 Å². The molecule has 1 aromatic heterocycles. The highest BCUT2D eigenvalue weighted by molar-refractivity contribution is 14.1. The summed E-state index contributed by atoms with van der Waals surface area (Å²) in [6, 6.07) is 6.29. The largest absolute Gasteiger partial charge is 0.236 e. The summed E-state index contributed by atoms with van der Waals surface area (Å²) in [6.07, 6.45) is 4.12. The van der Waals surface area contributed by atoms with Gasteiger partial charge in [-0.1, -0.05) is 13.3 Å². The summed E-state index contributed by atoms with van der Waals surface area (Å²) in [5.74, 6) is 1.13. The van der Waals surface area contributed by atoms with E-state index in [0.717, 1.165) is 16.3 Å². The van der Waals surface area contributed by atoms with Crippen LogP contribution in [0.15, 0.2) is 29.6 Å². The molecule has 2 nitrogen and oxygen atoms in total. The smallest absolute Gasteiger partial charge is 0.117 e. The first-order valence-corrected chi connectivity index (χ1v) is 7.40. The Kier molecular flexibility index (Phi) is 4.40. The minimum Gasteiger partial charge on any atom is -0.236 e. The highest BCUT2D eigenvalue weighted by Gasteiger charge is 2.04. The third-order valence-electron chi connectivity index (χ3n) is 2.30. The van der Waals surface area contributed by atoms with Crippen molar-refractivity contribution in [2.24, 2.45) is 0 Å². The van der Waals surface area contributed by atoms with E-state index in [1.54, 1.807) is 6.33 Å². The summed E-state index contributed by atoms with van der Waals surface area (Å²) in [5.41, 5.74) is 1.04. The Morgan fingerprint density at radius 2 is 2.19 bits per heavy atom. The molecular weight excluding hydrogens is 331 g/mol. The predicted octanol–water partition coefficient (Wildman–Crippen LogP) is 4.13. The summed E-state index contributed by atoms with van der Waals surface area (Å²) < 4.78 is 1.23. The van der Waals surface area contributed by atoms with Crippen LogP contribution in [0, 0.1) is 3.57 Å². The Hall–Kier alpha value is -0.360. The van der Waals surface area contributed by atoms with Gasteiger partial charge in [-0.15, -0.1) is 11.8 Å². The van der Waals surface area contributed by atoms with E-state index < -0.39 is 0 Å². The molecule has 2 aromatic rings. The molecule has 0 saturated carbocycles. The fourth-order valence-electron chi connectivity index (χ4n) is 1.43. The SMILES string of the molecule is CCCCSc1ncnc2ccc(I)cc12. The van der Waals surface area contributed by atoms with Crippen molar-refractivity contribution in [1.29, 1.82) is 0 Å². The van der Waals surface area contributed by atoms with Crippen molar-refractivity contribution in [2.45, 2.75) is 24.8 Å². The van der Waals surface area contributed by atoms with Gasteiger partial charge in [0, 0.05) is 8.96 Å². The van der Waals surface area contributed by atoms with E-state index >= 15 is 0 Å². The lowest BCUT2D eigenvalue weighted by molar-refractivity contribution is 0.895. The normalized spacial score (nSPS) is 10.9. The van der Waals surface area contributed by atoms with E-state index in [1.807, 2.05) is 11.8 Å². The zero-order valence-corrected chi connectivity index (χ0v) is 12.1. The van der Waals surface area contributed by atoms with Crippen molar-refractivity contribution in [3.8, 4) is 0 Å². The van der Waals surface area contributed by atoms with E-state index in [1.165, 1.54) is 21.8 Å². The van der Waals surface area contributed by atoms with Crippen molar-refractivity contribution in [3.63, 3.8) is 0 Å². The van der Waals surface area contributed by atoms with Crippen LogP contribution in [0.2, 0.25) is 0 Å². The van der Waals surface area contributed by atoms with Crippen LogP contribution in [0.25, 0.3) is 10.9 Å². The zero-order valence-electron chi connectivity index (χ0n) is 9.11. The maximum absolute atomic E-state index is 4.37. The molecule has 0 N–H and O–H groups in total. The van der Waals surface area contributed by atoms with Gasteiger partial charge in [-0.05, 0) is 53.0 Å². The van der Waals surface area contributed by atoms with Gasteiger partial charge in [-0.2, -0.15) is 0 Å². The van der Waals surface area contributed by atoms with E-state index in [2.05, 4.69) is 57.7 Å². The average Bonchev–Trinajstić information content (AvgIpc) is 2.30. The molecule has 16 heavy (non-hydrogen) atoms. The molecule has 0 aliphatic heterocycles. The fraction of sp³-hybridized carbons (Fsp3) is 0.333. The van der Waals surface area contributed by atoms with E-state index in [9.17, 15) is 0 Å². The average molecular weight is 344 g/mol. The summed E-state index contributed by atoms with van der Waals surface area (Å²) >= 11 is 4.15. The topological polar surface area (TPSA) is 25.8 Å². The molecular formula is C12H13IN2S. The first kappa shape index (κ1) is 12.1. The molecule has 2 rings (SSSR count). The molecule has 1 aromatic carbocycles. The molecule has 0 atom stereocenters. The fourth-order valence-corrected chi connectivity index (χ4v) is 2.99. The van der Waals surface area contributed by atoms with Crippen molar-refractivity contribution >= 4 is 45.3 Å². The molecule has 0 aliphatic rings. The molecule has 0 radical (unpaired) electrons. The number of thioether (sulfide) groups is 1. The van der Waals surface area contributed by atoms with Crippen LogP contribution in [0.5, 0.6) is 0 Å². The van der Waals surface area contributed by atoms with Crippen LogP contribution in [0.1, 0.15) is 19.8 Å². The molecule has 0 fully saturated rings. The number of benzene rings is 1. The van der Waals surface area contributed by atoms with Crippen LogP contribution in [-0.4, -0.2) is 15.7 Å². The summed E-state index contributed by atoms with van der Waals surface area (Å²) in [7, 11) is 0. The second kappa shape index (κ2) is 5.82.